The lowest BCUT2D eigenvalue weighted by Gasteiger charge is -2.38. The number of aliphatic hydroxyl groups is 1. The number of sulfonamides is 1. The highest BCUT2D eigenvalue weighted by molar-refractivity contribution is 7.90. The van der Waals surface area contributed by atoms with Gasteiger partial charge in [-0.25, -0.2) is 22.3 Å². The minimum absolute atomic E-state index is 0.0467. The summed E-state index contributed by atoms with van der Waals surface area (Å²) in [5, 5.41) is 16.2. The number of anilines is 2. The Bertz CT molecular complexity index is 1680. The number of benzene rings is 2. The smallest absolute Gasteiger partial charge is 0.322 e. The van der Waals surface area contributed by atoms with E-state index < -0.39 is 50.2 Å². The van der Waals surface area contributed by atoms with Gasteiger partial charge in [0.1, 0.15) is 11.9 Å². The second-order valence-corrected chi connectivity index (χ2v) is 15.9. The lowest BCUT2D eigenvalue weighted by atomic mass is 9.79. The number of likely N-dealkylation sites (tertiary alicyclic amines) is 1. The SMILES string of the molecule is CC(C)(C)S(=O)(=O)NC(CCC1CC1)(c1ccncc1)c1ccc(F)c(NC(=O)[C@H]2C[C@@H](O)CN2C(=O)Nc2ccc(Cl)cc2)c1. The molecule has 10 nitrogen and oxygen atoms in total. The molecule has 1 aliphatic carbocycles. The molecule has 0 radical (unpaired) electrons. The van der Waals surface area contributed by atoms with E-state index in [1.165, 1.54) is 23.1 Å². The van der Waals surface area contributed by atoms with Crippen LogP contribution in [0.2, 0.25) is 5.02 Å². The number of hydrogen-bond acceptors (Lipinski definition) is 6. The van der Waals surface area contributed by atoms with Crippen LogP contribution in [0.3, 0.4) is 0 Å². The Kier molecular flexibility index (Phi) is 9.74. The van der Waals surface area contributed by atoms with Crippen molar-refractivity contribution in [3.05, 3.63) is 89.0 Å². The molecule has 2 heterocycles. The number of nitrogens with one attached hydrogen (secondary N) is 3. The summed E-state index contributed by atoms with van der Waals surface area (Å²) in [4.78, 5) is 32.0. The molecule has 246 valence electrons. The average molecular weight is 672 g/mol. The molecule has 4 N–H and O–H groups in total. The third kappa shape index (κ3) is 7.52. The van der Waals surface area contributed by atoms with Crippen molar-refractivity contribution < 1.29 is 27.5 Å². The number of rotatable bonds is 10. The number of β-amino-alcohol motifs (C(OH)–C–C–N with tert-alkyl or cyclic N) is 1. The van der Waals surface area contributed by atoms with Crippen LogP contribution < -0.4 is 15.4 Å². The number of pyridine rings is 1. The van der Waals surface area contributed by atoms with Crippen LogP contribution in [-0.2, 0) is 20.4 Å². The second kappa shape index (κ2) is 13.3. The largest absolute Gasteiger partial charge is 0.391 e. The van der Waals surface area contributed by atoms with E-state index in [0.717, 1.165) is 19.3 Å². The van der Waals surface area contributed by atoms with Crippen molar-refractivity contribution in [3.63, 3.8) is 0 Å². The van der Waals surface area contributed by atoms with Gasteiger partial charge in [0.15, 0.2) is 0 Å². The Labute approximate surface area is 273 Å². The predicted molar refractivity (Wildman–Crippen MR) is 175 cm³/mol. The highest BCUT2D eigenvalue weighted by Gasteiger charge is 2.44. The van der Waals surface area contributed by atoms with Crippen molar-refractivity contribution in [1.29, 1.82) is 0 Å². The van der Waals surface area contributed by atoms with Crippen molar-refractivity contribution in [1.82, 2.24) is 14.6 Å². The summed E-state index contributed by atoms with van der Waals surface area (Å²) < 4.78 is 44.6. The summed E-state index contributed by atoms with van der Waals surface area (Å²) in [5.74, 6) is -0.974. The van der Waals surface area contributed by atoms with Gasteiger partial charge in [-0.2, -0.15) is 0 Å². The van der Waals surface area contributed by atoms with E-state index >= 15 is 4.39 Å². The van der Waals surface area contributed by atoms with Crippen LogP contribution in [0.25, 0.3) is 0 Å². The Hall–Kier alpha value is -3.58. The summed E-state index contributed by atoms with van der Waals surface area (Å²) in [5.41, 5.74) is 0.0436. The van der Waals surface area contributed by atoms with Gasteiger partial charge in [-0.1, -0.05) is 30.5 Å². The maximum Gasteiger partial charge on any atom is 0.322 e. The monoisotopic (exact) mass is 671 g/mol. The molecule has 2 aromatic carbocycles. The maximum atomic E-state index is 15.4. The molecule has 1 unspecified atom stereocenters. The second-order valence-electron chi connectivity index (χ2n) is 13.0. The van der Waals surface area contributed by atoms with Gasteiger partial charge in [0.25, 0.3) is 0 Å². The van der Waals surface area contributed by atoms with Crippen molar-refractivity contribution in [2.75, 3.05) is 17.2 Å². The van der Waals surface area contributed by atoms with Crippen LogP contribution in [0.1, 0.15) is 64.0 Å². The first-order valence-corrected chi connectivity index (χ1v) is 17.1. The number of nitrogens with zero attached hydrogens (tertiary/aromatic N) is 2. The van der Waals surface area contributed by atoms with E-state index in [1.54, 1.807) is 69.6 Å². The first-order chi connectivity index (χ1) is 21.7. The fourth-order valence-electron chi connectivity index (χ4n) is 5.59. The number of aromatic nitrogens is 1. The van der Waals surface area contributed by atoms with E-state index in [0.29, 0.717) is 34.2 Å². The number of carbonyl (C=O) groups excluding carboxylic acids is 2. The molecule has 3 aromatic rings. The molecule has 13 heteroatoms. The zero-order valence-corrected chi connectivity index (χ0v) is 27.5. The molecule has 0 bridgehead atoms. The van der Waals surface area contributed by atoms with Crippen LogP contribution in [0.15, 0.2) is 67.0 Å². The summed E-state index contributed by atoms with van der Waals surface area (Å²) in [6.07, 6.45) is 5.37. The first-order valence-electron chi connectivity index (χ1n) is 15.2. The Morgan fingerprint density at radius 3 is 2.33 bits per heavy atom. The topological polar surface area (TPSA) is 141 Å². The van der Waals surface area contributed by atoms with E-state index in [-0.39, 0.29) is 18.7 Å². The Morgan fingerprint density at radius 1 is 1.02 bits per heavy atom. The number of halogens is 2. The fraction of sp³-hybridized carbons (Fsp3) is 0.424. The number of aliphatic hydroxyl groups excluding tert-OH is 1. The van der Waals surface area contributed by atoms with E-state index in [2.05, 4.69) is 20.3 Å². The standard InChI is InChI=1S/C33H39ClFN5O5S/c1-32(2,3)46(44,45)39-33(15-12-21-4-5-21,22-13-16-36-17-14-22)23-6-11-27(35)28(18-23)38-30(42)29-19-26(41)20-40(29)31(43)37-25-9-7-24(34)8-10-25/h6-11,13-14,16-18,21,26,29,39,41H,4-5,12,15,19-20H2,1-3H3,(H,37,43)(H,38,42)/t26-,29-,33?/m1/s1. The predicted octanol–water partition coefficient (Wildman–Crippen LogP) is 5.63. The van der Waals surface area contributed by atoms with Crippen LogP contribution in [-0.4, -0.2) is 58.8 Å². The summed E-state index contributed by atoms with van der Waals surface area (Å²) in [6, 6.07) is 12.3. The quantitative estimate of drug-likeness (QED) is 0.220. The third-order valence-corrected chi connectivity index (χ3v) is 11.0. The third-order valence-electron chi connectivity index (χ3n) is 8.57. The Morgan fingerprint density at radius 2 is 1.70 bits per heavy atom. The number of carbonyl (C=O) groups is 2. The van der Waals surface area contributed by atoms with Crippen molar-refractivity contribution in [3.8, 4) is 0 Å². The van der Waals surface area contributed by atoms with Crippen molar-refractivity contribution in [2.24, 2.45) is 5.92 Å². The number of amides is 3. The molecule has 1 aromatic heterocycles. The molecule has 0 spiro atoms. The molecule has 46 heavy (non-hydrogen) atoms. The average Bonchev–Trinajstić information content (AvgIpc) is 3.75. The Balaban J connectivity index is 1.48. The molecule has 5 rings (SSSR count). The molecule has 1 saturated carbocycles. The van der Waals surface area contributed by atoms with Gasteiger partial charge < -0.3 is 20.6 Å². The zero-order valence-electron chi connectivity index (χ0n) is 26.0. The molecule has 2 aliphatic rings. The van der Waals surface area contributed by atoms with Gasteiger partial charge in [0.2, 0.25) is 15.9 Å². The van der Waals surface area contributed by atoms with E-state index in [4.69, 9.17) is 11.6 Å². The minimum atomic E-state index is -3.93. The van der Waals surface area contributed by atoms with Gasteiger partial charge in [-0.05, 0) is 99.2 Å². The molecular weight excluding hydrogens is 633 g/mol. The summed E-state index contributed by atoms with van der Waals surface area (Å²) in [7, 11) is -3.93. The van der Waals surface area contributed by atoms with Crippen LogP contribution in [0.5, 0.6) is 0 Å². The highest BCUT2D eigenvalue weighted by atomic mass is 35.5. The van der Waals surface area contributed by atoms with Crippen LogP contribution in [0, 0.1) is 11.7 Å². The van der Waals surface area contributed by atoms with E-state index in [1.807, 2.05) is 0 Å². The van der Waals surface area contributed by atoms with Gasteiger partial charge in [0, 0.05) is 36.1 Å². The highest BCUT2D eigenvalue weighted by Crippen LogP contribution is 2.43. The molecule has 3 atom stereocenters. The summed E-state index contributed by atoms with van der Waals surface area (Å²) >= 11 is 5.93. The van der Waals surface area contributed by atoms with Crippen LogP contribution >= 0.6 is 11.6 Å². The normalized spacial score (nSPS) is 19.8. The number of hydrogen-bond donors (Lipinski definition) is 4. The lowest BCUT2D eigenvalue weighted by molar-refractivity contribution is -0.119. The minimum Gasteiger partial charge on any atom is -0.391 e. The van der Waals surface area contributed by atoms with Gasteiger partial charge in [-0.3, -0.25) is 9.78 Å². The fourth-order valence-corrected chi connectivity index (χ4v) is 6.82. The molecule has 2 fully saturated rings. The molecule has 1 saturated heterocycles. The number of urea groups is 1. The summed E-state index contributed by atoms with van der Waals surface area (Å²) in [6.45, 7) is 4.72. The maximum absolute atomic E-state index is 15.4. The van der Waals surface area contributed by atoms with Gasteiger partial charge >= 0.3 is 6.03 Å². The van der Waals surface area contributed by atoms with Crippen molar-refractivity contribution >= 4 is 44.9 Å². The van der Waals surface area contributed by atoms with Crippen LogP contribution in [0.4, 0.5) is 20.6 Å². The van der Waals surface area contributed by atoms with Crippen molar-refractivity contribution in [2.45, 2.75) is 75.3 Å². The van der Waals surface area contributed by atoms with E-state index in [9.17, 15) is 23.1 Å². The zero-order chi connectivity index (χ0) is 33.3. The van der Waals surface area contributed by atoms with Gasteiger partial charge in [-0.15, -0.1) is 0 Å². The van der Waals surface area contributed by atoms with Gasteiger partial charge in [0.05, 0.1) is 22.1 Å². The lowest BCUT2D eigenvalue weighted by Crippen LogP contribution is -2.52. The molecule has 3 amide bonds. The first kappa shape index (κ1) is 33.8. The molecular formula is C33H39ClFN5O5S. The molecule has 1 aliphatic heterocycles.